The van der Waals surface area contributed by atoms with Crippen LogP contribution in [0.15, 0.2) is 30.3 Å². The first kappa shape index (κ1) is 26.1. The van der Waals surface area contributed by atoms with Gasteiger partial charge in [-0.25, -0.2) is 0 Å². The summed E-state index contributed by atoms with van der Waals surface area (Å²) in [6, 6.07) is 8.33. The fraction of sp³-hybridized carbons (Fsp3) is 0.357. The molecule has 0 bridgehead atoms. The van der Waals surface area contributed by atoms with Crippen LogP contribution in [0.5, 0.6) is 28.7 Å². The quantitative estimate of drug-likeness (QED) is 0.206. The number of aromatic hydroxyl groups is 3. The first-order valence-corrected chi connectivity index (χ1v) is 13.1. The van der Waals surface area contributed by atoms with Crippen molar-refractivity contribution < 1.29 is 24.8 Å². The van der Waals surface area contributed by atoms with E-state index in [9.17, 15) is 15.3 Å². The van der Waals surface area contributed by atoms with Gasteiger partial charge in [-0.2, -0.15) is 0 Å². The maximum Gasteiger partial charge on any atom is 0.178 e. The highest BCUT2D eigenvalue weighted by atomic mass is 16.5. The molecule has 11 nitrogen and oxygen atoms in total. The molecule has 0 atom stereocenters. The van der Waals surface area contributed by atoms with Crippen LogP contribution in [0.4, 0.5) is 0 Å². The predicted molar refractivity (Wildman–Crippen MR) is 147 cm³/mol. The molecular weight excluding hydrogens is 500 g/mol. The molecule has 2 aromatic heterocycles. The zero-order valence-corrected chi connectivity index (χ0v) is 22.5. The van der Waals surface area contributed by atoms with Crippen molar-refractivity contribution in [3.8, 4) is 40.1 Å². The average Bonchev–Trinajstić information content (AvgIpc) is 3.47. The van der Waals surface area contributed by atoms with E-state index in [1.165, 1.54) is 0 Å². The zero-order valence-electron chi connectivity index (χ0n) is 22.5. The van der Waals surface area contributed by atoms with Gasteiger partial charge in [0.2, 0.25) is 0 Å². The number of phenols is 3. The van der Waals surface area contributed by atoms with E-state index in [4.69, 9.17) is 9.47 Å². The third kappa shape index (κ3) is 4.99. The molecule has 0 radical (unpaired) electrons. The Labute approximate surface area is 225 Å². The summed E-state index contributed by atoms with van der Waals surface area (Å²) in [4.78, 5) is 2.25. The molecule has 5 aromatic rings. The zero-order chi connectivity index (χ0) is 27.7. The maximum atomic E-state index is 11.2. The number of hydrogen-bond acceptors (Lipinski definition) is 9. The van der Waals surface area contributed by atoms with E-state index >= 15 is 0 Å². The van der Waals surface area contributed by atoms with Crippen molar-refractivity contribution in [2.75, 3.05) is 13.2 Å². The van der Waals surface area contributed by atoms with E-state index in [1.807, 2.05) is 26.0 Å². The standard InChI is InChI=1S/C28H32N6O5/c1-5-7-9-38-24-13-20-21(14-25(24)39-10-8-6-2)32-34(31-20)27-23(36)15-22(35)26(28(27)37)33-29-18-11-16(3)17(4)12-19(18)30-33/h11-15,35-37H,5-10H2,1-4H3. The van der Waals surface area contributed by atoms with Gasteiger partial charge in [0.25, 0.3) is 0 Å². The van der Waals surface area contributed by atoms with E-state index in [0.29, 0.717) is 46.8 Å². The van der Waals surface area contributed by atoms with Crippen LogP contribution in [-0.4, -0.2) is 58.5 Å². The molecule has 204 valence electrons. The van der Waals surface area contributed by atoms with Gasteiger partial charge in [-0.1, -0.05) is 26.7 Å². The first-order chi connectivity index (χ1) is 18.8. The second-order valence-corrected chi connectivity index (χ2v) is 9.56. The Morgan fingerprint density at radius 3 is 1.38 bits per heavy atom. The first-order valence-electron chi connectivity index (χ1n) is 13.1. The number of rotatable bonds is 10. The molecule has 0 spiro atoms. The van der Waals surface area contributed by atoms with Crippen LogP contribution < -0.4 is 9.47 Å². The highest BCUT2D eigenvalue weighted by molar-refractivity contribution is 5.80. The number of aromatic nitrogens is 6. The highest BCUT2D eigenvalue weighted by Crippen LogP contribution is 2.42. The molecule has 0 fully saturated rings. The van der Waals surface area contributed by atoms with Gasteiger partial charge < -0.3 is 24.8 Å². The second kappa shape index (κ2) is 10.7. The lowest BCUT2D eigenvalue weighted by atomic mass is 10.1. The summed E-state index contributed by atoms with van der Waals surface area (Å²) in [5.74, 6) is -0.206. The normalized spacial score (nSPS) is 11.5. The van der Waals surface area contributed by atoms with Crippen molar-refractivity contribution >= 4 is 22.1 Å². The van der Waals surface area contributed by atoms with Crippen LogP contribution in [0.2, 0.25) is 0 Å². The molecule has 3 aromatic carbocycles. The number of benzene rings is 3. The van der Waals surface area contributed by atoms with Crippen molar-refractivity contribution in [3.63, 3.8) is 0 Å². The number of ether oxygens (including phenoxy) is 2. The summed E-state index contributed by atoms with van der Waals surface area (Å²) in [5, 5.41) is 50.4. The van der Waals surface area contributed by atoms with Gasteiger partial charge in [0.1, 0.15) is 22.1 Å². The summed E-state index contributed by atoms with van der Waals surface area (Å²) in [6.07, 6.45) is 3.78. The Morgan fingerprint density at radius 1 is 0.615 bits per heavy atom. The molecule has 3 N–H and O–H groups in total. The van der Waals surface area contributed by atoms with Crippen LogP contribution in [0.1, 0.15) is 50.7 Å². The molecule has 5 rings (SSSR count). The van der Waals surface area contributed by atoms with Crippen LogP contribution in [0.3, 0.4) is 0 Å². The average molecular weight is 533 g/mol. The Morgan fingerprint density at radius 2 is 1.00 bits per heavy atom. The number of unbranched alkanes of at least 4 members (excludes halogenated alkanes) is 2. The lowest BCUT2D eigenvalue weighted by Gasteiger charge is -2.12. The maximum absolute atomic E-state index is 11.2. The van der Waals surface area contributed by atoms with E-state index in [-0.39, 0.29) is 11.4 Å². The van der Waals surface area contributed by atoms with Crippen LogP contribution in [-0.2, 0) is 0 Å². The van der Waals surface area contributed by atoms with Gasteiger partial charge in [0.15, 0.2) is 40.1 Å². The number of hydrogen-bond donors (Lipinski definition) is 3. The van der Waals surface area contributed by atoms with E-state index in [0.717, 1.165) is 52.5 Å². The fourth-order valence-electron chi connectivity index (χ4n) is 4.19. The Kier molecular flexibility index (Phi) is 7.14. The fourth-order valence-corrected chi connectivity index (χ4v) is 4.19. The molecule has 0 aliphatic rings. The third-order valence-corrected chi connectivity index (χ3v) is 6.56. The molecule has 0 aliphatic heterocycles. The SMILES string of the molecule is CCCCOc1cc2nn(-c3c(O)cc(O)c(-n4nc5cc(C)c(C)cc5n4)c3O)nc2cc1OCCCC. The molecule has 0 saturated carbocycles. The van der Waals surface area contributed by atoms with Crippen molar-refractivity contribution in [3.05, 3.63) is 41.5 Å². The molecular formula is C28H32N6O5. The van der Waals surface area contributed by atoms with Gasteiger partial charge in [-0.3, -0.25) is 0 Å². The molecule has 0 saturated heterocycles. The van der Waals surface area contributed by atoms with Crippen molar-refractivity contribution in [1.29, 1.82) is 0 Å². The number of nitrogens with zero attached hydrogens (tertiary/aromatic N) is 6. The molecule has 0 unspecified atom stereocenters. The van der Waals surface area contributed by atoms with Crippen molar-refractivity contribution in [2.24, 2.45) is 0 Å². The summed E-state index contributed by atoms with van der Waals surface area (Å²) < 4.78 is 11.9. The van der Waals surface area contributed by atoms with Crippen LogP contribution in [0.25, 0.3) is 33.4 Å². The largest absolute Gasteiger partial charge is 0.505 e. The Bertz CT molecular complexity index is 1570. The lowest BCUT2D eigenvalue weighted by molar-refractivity contribution is 0.262. The summed E-state index contributed by atoms with van der Waals surface area (Å²) >= 11 is 0. The van der Waals surface area contributed by atoms with Crippen LogP contribution >= 0.6 is 0 Å². The third-order valence-electron chi connectivity index (χ3n) is 6.56. The molecule has 0 aliphatic carbocycles. The van der Waals surface area contributed by atoms with Gasteiger partial charge in [0, 0.05) is 18.2 Å². The van der Waals surface area contributed by atoms with E-state index in [1.54, 1.807) is 12.1 Å². The Balaban J connectivity index is 1.60. The second-order valence-electron chi connectivity index (χ2n) is 9.56. The predicted octanol–water partition coefficient (Wildman–Crippen LogP) is 5.25. The minimum absolute atomic E-state index is 0.108. The van der Waals surface area contributed by atoms with Gasteiger partial charge in [0.05, 0.1) is 13.2 Å². The topological polar surface area (TPSA) is 141 Å². The minimum Gasteiger partial charge on any atom is -0.505 e. The Hall–Kier alpha value is -4.54. The summed E-state index contributed by atoms with van der Waals surface area (Å²) in [5.41, 5.74) is 3.99. The van der Waals surface area contributed by atoms with E-state index in [2.05, 4.69) is 34.2 Å². The number of fused-ring (bicyclic) bond motifs is 2. The number of phenolic OH excluding ortho intramolecular Hbond substituents is 3. The summed E-state index contributed by atoms with van der Waals surface area (Å²) in [7, 11) is 0. The van der Waals surface area contributed by atoms with Gasteiger partial charge in [-0.15, -0.1) is 30.0 Å². The molecule has 39 heavy (non-hydrogen) atoms. The van der Waals surface area contributed by atoms with E-state index < -0.39 is 17.2 Å². The minimum atomic E-state index is -0.486. The van der Waals surface area contributed by atoms with Gasteiger partial charge in [-0.05, 0) is 49.9 Å². The van der Waals surface area contributed by atoms with Gasteiger partial charge >= 0.3 is 0 Å². The lowest BCUT2D eigenvalue weighted by Crippen LogP contribution is -2.05. The number of aryl methyl sites for hydroxylation is 2. The summed E-state index contributed by atoms with van der Waals surface area (Å²) in [6.45, 7) is 9.18. The highest BCUT2D eigenvalue weighted by Gasteiger charge is 2.25. The monoisotopic (exact) mass is 532 g/mol. The van der Waals surface area contributed by atoms with Crippen molar-refractivity contribution in [1.82, 2.24) is 30.0 Å². The smallest absolute Gasteiger partial charge is 0.178 e. The van der Waals surface area contributed by atoms with Crippen molar-refractivity contribution in [2.45, 2.75) is 53.4 Å². The molecule has 2 heterocycles. The molecule has 11 heteroatoms. The molecule has 0 amide bonds. The van der Waals surface area contributed by atoms with Crippen LogP contribution in [0, 0.1) is 13.8 Å².